The average molecular weight is 375 g/mol. The second kappa shape index (κ2) is 7.68. The summed E-state index contributed by atoms with van der Waals surface area (Å²) < 4.78 is 38.7. The Hall–Kier alpha value is -2.69. The van der Waals surface area contributed by atoms with Crippen molar-refractivity contribution in [3.63, 3.8) is 0 Å². The number of hydrogen-bond donors (Lipinski definition) is 2. The number of aliphatic carboxylic acids is 1. The van der Waals surface area contributed by atoms with Gasteiger partial charge in [0.05, 0.1) is 16.8 Å². The molecule has 1 amide bonds. The van der Waals surface area contributed by atoms with Crippen LogP contribution in [0, 0.1) is 22.0 Å². The lowest BCUT2D eigenvalue weighted by Crippen LogP contribution is -2.33. The molecule has 11 heteroatoms. The Morgan fingerprint density at radius 2 is 1.88 bits per heavy atom. The number of halogens is 3. The molecule has 1 fully saturated rings. The predicted molar refractivity (Wildman–Crippen MR) is 83.5 cm³/mol. The standard InChI is InChI=1S/C15H16F3N3O5/c16-15(17,18)12-8-20(7-11(12)14(23)24)6-5-13(22)19-9-1-3-10(4-2-9)21(25)26/h1-4,11-12H,5-8H2,(H,19,22)(H,23,24)/t11-,12-/m1/s1. The van der Waals surface area contributed by atoms with Crippen molar-refractivity contribution >= 4 is 23.3 Å². The minimum atomic E-state index is -4.61. The number of anilines is 1. The van der Waals surface area contributed by atoms with Gasteiger partial charge in [-0.1, -0.05) is 0 Å². The lowest BCUT2D eigenvalue weighted by atomic mass is 9.96. The monoisotopic (exact) mass is 375 g/mol. The maximum atomic E-state index is 12.9. The number of nitrogens with zero attached hydrogens (tertiary/aromatic N) is 2. The van der Waals surface area contributed by atoms with Crippen molar-refractivity contribution in [1.29, 1.82) is 0 Å². The fourth-order valence-corrected chi connectivity index (χ4v) is 2.80. The van der Waals surface area contributed by atoms with Crippen LogP contribution in [-0.2, 0) is 9.59 Å². The molecule has 0 aromatic heterocycles. The highest BCUT2D eigenvalue weighted by Crippen LogP contribution is 2.37. The number of hydrogen-bond acceptors (Lipinski definition) is 5. The molecule has 0 radical (unpaired) electrons. The third kappa shape index (κ3) is 4.91. The molecule has 2 N–H and O–H groups in total. The van der Waals surface area contributed by atoms with Gasteiger partial charge in [0.15, 0.2) is 0 Å². The van der Waals surface area contributed by atoms with Crippen molar-refractivity contribution in [2.75, 3.05) is 25.0 Å². The van der Waals surface area contributed by atoms with Crippen LogP contribution >= 0.6 is 0 Å². The number of rotatable bonds is 6. The zero-order valence-electron chi connectivity index (χ0n) is 13.4. The molecule has 26 heavy (non-hydrogen) atoms. The third-order valence-electron chi connectivity index (χ3n) is 4.15. The summed E-state index contributed by atoms with van der Waals surface area (Å²) in [6, 6.07) is 5.10. The Labute approximate surface area is 145 Å². The highest BCUT2D eigenvalue weighted by molar-refractivity contribution is 5.90. The molecule has 0 unspecified atom stereocenters. The molecule has 1 aromatic carbocycles. The van der Waals surface area contributed by atoms with Crippen molar-refractivity contribution in [1.82, 2.24) is 4.90 Å². The zero-order valence-corrected chi connectivity index (χ0v) is 13.4. The van der Waals surface area contributed by atoms with Crippen LogP contribution in [0.15, 0.2) is 24.3 Å². The Morgan fingerprint density at radius 3 is 2.35 bits per heavy atom. The van der Waals surface area contributed by atoms with E-state index >= 15 is 0 Å². The van der Waals surface area contributed by atoms with Crippen LogP contribution in [0.5, 0.6) is 0 Å². The summed E-state index contributed by atoms with van der Waals surface area (Å²) in [5.41, 5.74) is 0.177. The van der Waals surface area contributed by atoms with E-state index in [0.717, 1.165) is 0 Å². The van der Waals surface area contributed by atoms with E-state index in [1.807, 2.05) is 0 Å². The van der Waals surface area contributed by atoms with Crippen LogP contribution in [0.4, 0.5) is 24.5 Å². The summed E-state index contributed by atoms with van der Waals surface area (Å²) in [6.07, 6.45) is -4.74. The molecule has 0 spiro atoms. The lowest BCUT2D eigenvalue weighted by Gasteiger charge is -2.18. The minimum Gasteiger partial charge on any atom is -0.481 e. The molecule has 1 saturated heterocycles. The summed E-state index contributed by atoms with van der Waals surface area (Å²) in [7, 11) is 0. The molecular weight excluding hydrogens is 359 g/mol. The average Bonchev–Trinajstić information content (AvgIpc) is 2.98. The van der Waals surface area contributed by atoms with Crippen LogP contribution in [0.1, 0.15) is 6.42 Å². The number of benzene rings is 1. The molecular formula is C15H16F3N3O5. The third-order valence-corrected chi connectivity index (χ3v) is 4.15. The van der Waals surface area contributed by atoms with Gasteiger partial charge in [-0.25, -0.2) is 0 Å². The van der Waals surface area contributed by atoms with E-state index in [-0.39, 0.29) is 25.2 Å². The Bertz CT molecular complexity index is 693. The van der Waals surface area contributed by atoms with E-state index in [4.69, 9.17) is 5.11 Å². The SMILES string of the molecule is O=C(CCN1C[C@@H](C(F)(F)F)[C@H](C(=O)O)C1)Nc1ccc([N+](=O)[O-])cc1. The van der Waals surface area contributed by atoms with E-state index in [9.17, 15) is 32.9 Å². The number of carboxylic acid groups (broad SMARTS) is 1. The van der Waals surface area contributed by atoms with E-state index in [2.05, 4.69) is 5.32 Å². The van der Waals surface area contributed by atoms with Gasteiger partial charge in [-0.3, -0.25) is 19.7 Å². The number of amides is 1. The first kappa shape index (κ1) is 19.6. The number of nitro benzene ring substituents is 1. The zero-order chi connectivity index (χ0) is 19.5. The van der Waals surface area contributed by atoms with Gasteiger partial charge in [0.2, 0.25) is 5.91 Å². The van der Waals surface area contributed by atoms with E-state index < -0.39 is 41.4 Å². The maximum Gasteiger partial charge on any atom is 0.393 e. The number of carbonyl (C=O) groups excluding carboxylic acids is 1. The second-order valence-electron chi connectivity index (χ2n) is 5.95. The number of non-ortho nitro benzene ring substituents is 1. The molecule has 0 saturated carbocycles. The first-order chi connectivity index (χ1) is 12.1. The highest BCUT2D eigenvalue weighted by atomic mass is 19.4. The van der Waals surface area contributed by atoms with Crippen molar-refractivity contribution < 1.29 is 32.8 Å². The van der Waals surface area contributed by atoms with Crippen molar-refractivity contribution in [3.8, 4) is 0 Å². The Morgan fingerprint density at radius 1 is 1.27 bits per heavy atom. The molecule has 142 valence electrons. The van der Waals surface area contributed by atoms with Crippen LogP contribution in [0.3, 0.4) is 0 Å². The number of carboxylic acids is 1. The van der Waals surface area contributed by atoms with Crippen molar-refractivity contribution in [2.24, 2.45) is 11.8 Å². The Kier molecular flexibility index (Phi) is 5.80. The molecule has 0 bridgehead atoms. The van der Waals surface area contributed by atoms with Gasteiger partial charge in [-0.2, -0.15) is 13.2 Å². The summed E-state index contributed by atoms with van der Waals surface area (Å²) >= 11 is 0. The fraction of sp³-hybridized carbons (Fsp3) is 0.467. The quantitative estimate of drug-likeness (QED) is 0.582. The summed E-state index contributed by atoms with van der Waals surface area (Å²) in [5, 5.41) is 22.0. The van der Waals surface area contributed by atoms with Gasteiger partial charge >= 0.3 is 12.1 Å². The number of alkyl halides is 3. The first-order valence-corrected chi connectivity index (χ1v) is 7.64. The van der Waals surface area contributed by atoms with Gasteiger partial charge in [0.1, 0.15) is 0 Å². The molecule has 1 aliphatic rings. The van der Waals surface area contributed by atoms with E-state index in [1.165, 1.54) is 29.2 Å². The summed E-state index contributed by atoms with van der Waals surface area (Å²) in [5.74, 6) is -5.50. The maximum absolute atomic E-state index is 12.9. The molecule has 2 rings (SSSR count). The number of nitrogens with one attached hydrogen (secondary N) is 1. The van der Waals surface area contributed by atoms with Crippen LogP contribution in [-0.4, -0.2) is 52.6 Å². The number of likely N-dealkylation sites (tertiary alicyclic amines) is 1. The van der Waals surface area contributed by atoms with Gasteiger partial charge in [-0.05, 0) is 12.1 Å². The van der Waals surface area contributed by atoms with Gasteiger partial charge in [0.25, 0.3) is 5.69 Å². The normalized spacial score (nSPS) is 20.7. The second-order valence-corrected chi connectivity index (χ2v) is 5.95. The summed E-state index contributed by atoms with van der Waals surface area (Å²) in [4.78, 5) is 34.1. The molecule has 1 aromatic rings. The van der Waals surface area contributed by atoms with Crippen molar-refractivity contribution in [2.45, 2.75) is 12.6 Å². The highest BCUT2D eigenvalue weighted by Gasteiger charge is 2.52. The van der Waals surface area contributed by atoms with Crippen LogP contribution in [0.2, 0.25) is 0 Å². The smallest absolute Gasteiger partial charge is 0.393 e. The predicted octanol–water partition coefficient (Wildman–Crippen LogP) is 2.12. The summed E-state index contributed by atoms with van der Waals surface area (Å²) in [6.45, 7) is -0.759. The van der Waals surface area contributed by atoms with E-state index in [1.54, 1.807) is 0 Å². The largest absolute Gasteiger partial charge is 0.481 e. The molecule has 1 aliphatic heterocycles. The van der Waals surface area contributed by atoms with E-state index in [0.29, 0.717) is 5.69 Å². The van der Waals surface area contributed by atoms with Gasteiger partial charge in [0, 0.05) is 43.9 Å². The lowest BCUT2D eigenvalue weighted by molar-refractivity contribution is -0.384. The molecule has 2 atom stereocenters. The molecule has 8 nitrogen and oxygen atoms in total. The minimum absolute atomic E-state index is 0.0187. The topological polar surface area (TPSA) is 113 Å². The Balaban J connectivity index is 1.87. The van der Waals surface area contributed by atoms with Crippen LogP contribution < -0.4 is 5.32 Å². The first-order valence-electron chi connectivity index (χ1n) is 7.64. The van der Waals surface area contributed by atoms with Crippen LogP contribution in [0.25, 0.3) is 0 Å². The van der Waals surface area contributed by atoms with Crippen molar-refractivity contribution in [3.05, 3.63) is 34.4 Å². The van der Waals surface area contributed by atoms with Gasteiger partial charge in [-0.15, -0.1) is 0 Å². The van der Waals surface area contributed by atoms with Gasteiger partial charge < -0.3 is 15.3 Å². The number of carbonyl (C=O) groups is 2. The molecule has 0 aliphatic carbocycles. The fourth-order valence-electron chi connectivity index (χ4n) is 2.80. The number of nitro groups is 1. The molecule has 1 heterocycles.